The minimum absolute atomic E-state index is 0.0272. The van der Waals surface area contributed by atoms with E-state index in [0.717, 1.165) is 5.69 Å². The van der Waals surface area contributed by atoms with Gasteiger partial charge in [-0.3, -0.25) is 4.79 Å². The van der Waals surface area contributed by atoms with Crippen molar-refractivity contribution in [3.63, 3.8) is 0 Å². The van der Waals surface area contributed by atoms with E-state index in [1.807, 2.05) is 17.9 Å². The van der Waals surface area contributed by atoms with E-state index in [-0.39, 0.29) is 17.8 Å². The number of aryl methyl sites for hydroxylation is 1. The summed E-state index contributed by atoms with van der Waals surface area (Å²) in [5.74, 6) is -0.316. The summed E-state index contributed by atoms with van der Waals surface area (Å²) in [6.45, 7) is 3.92. The second kappa shape index (κ2) is 5.75. The van der Waals surface area contributed by atoms with Crippen LogP contribution in [0.3, 0.4) is 0 Å². The Balaban J connectivity index is 1.73. The zero-order chi connectivity index (χ0) is 15.7. The van der Waals surface area contributed by atoms with E-state index in [0.29, 0.717) is 25.3 Å². The number of rotatable bonds is 2. The van der Waals surface area contributed by atoms with Crippen molar-refractivity contribution in [1.82, 2.24) is 19.9 Å². The van der Waals surface area contributed by atoms with E-state index in [1.54, 1.807) is 13.1 Å². The Kier molecular flexibility index (Phi) is 3.79. The first kappa shape index (κ1) is 14.5. The van der Waals surface area contributed by atoms with Crippen LogP contribution in [0.25, 0.3) is 0 Å². The SMILES string of the molecule is CC1CN(c2cccc(F)c2)CCN1C(=O)c1cnnn1C. The number of aromatic nitrogens is 3. The third-order valence-corrected chi connectivity index (χ3v) is 4.00. The predicted octanol–water partition coefficient (Wildman–Crippen LogP) is 1.31. The smallest absolute Gasteiger partial charge is 0.274 e. The van der Waals surface area contributed by atoms with Gasteiger partial charge < -0.3 is 9.80 Å². The lowest BCUT2D eigenvalue weighted by molar-refractivity contribution is 0.0662. The van der Waals surface area contributed by atoms with Crippen LogP contribution in [-0.2, 0) is 7.05 Å². The number of anilines is 1. The molecule has 1 atom stereocenters. The van der Waals surface area contributed by atoms with Gasteiger partial charge in [0.2, 0.25) is 0 Å². The van der Waals surface area contributed by atoms with Gasteiger partial charge in [0.25, 0.3) is 5.91 Å². The van der Waals surface area contributed by atoms with Gasteiger partial charge in [0.1, 0.15) is 11.5 Å². The van der Waals surface area contributed by atoms with Gasteiger partial charge in [-0.25, -0.2) is 9.07 Å². The largest absolute Gasteiger partial charge is 0.368 e. The van der Waals surface area contributed by atoms with Crippen molar-refractivity contribution in [2.75, 3.05) is 24.5 Å². The molecule has 1 amide bonds. The molecule has 0 bridgehead atoms. The van der Waals surface area contributed by atoms with Crippen molar-refractivity contribution in [3.05, 3.63) is 42.0 Å². The molecule has 6 nitrogen and oxygen atoms in total. The van der Waals surface area contributed by atoms with Gasteiger partial charge in [0.15, 0.2) is 0 Å². The molecule has 3 rings (SSSR count). The van der Waals surface area contributed by atoms with Gasteiger partial charge in [0.05, 0.1) is 6.20 Å². The van der Waals surface area contributed by atoms with Gasteiger partial charge in [-0.2, -0.15) is 0 Å². The predicted molar refractivity (Wildman–Crippen MR) is 80.1 cm³/mol. The van der Waals surface area contributed by atoms with Crippen LogP contribution in [-0.4, -0.2) is 51.5 Å². The number of benzene rings is 1. The highest BCUT2D eigenvalue weighted by atomic mass is 19.1. The number of carbonyl (C=O) groups excluding carboxylic acids is 1. The molecule has 1 unspecified atom stereocenters. The average Bonchev–Trinajstić information content (AvgIpc) is 2.92. The third kappa shape index (κ3) is 2.66. The maximum absolute atomic E-state index is 13.3. The molecule has 1 aromatic carbocycles. The van der Waals surface area contributed by atoms with Gasteiger partial charge in [-0.15, -0.1) is 5.10 Å². The number of halogens is 1. The molecule has 0 spiro atoms. The second-order valence-electron chi connectivity index (χ2n) is 5.52. The molecule has 1 aromatic heterocycles. The minimum Gasteiger partial charge on any atom is -0.368 e. The number of carbonyl (C=O) groups is 1. The maximum atomic E-state index is 13.3. The van der Waals surface area contributed by atoms with E-state index in [2.05, 4.69) is 15.2 Å². The molecule has 1 aliphatic rings. The molecule has 0 saturated carbocycles. The lowest BCUT2D eigenvalue weighted by Crippen LogP contribution is -2.54. The van der Waals surface area contributed by atoms with Crippen molar-refractivity contribution in [3.8, 4) is 0 Å². The summed E-state index contributed by atoms with van der Waals surface area (Å²) in [5.41, 5.74) is 1.33. The molecule has 1 fully saturated rings. The van der Waals surface area contributed by atoms with Gasteiger partial charge in [-0.1, -0.05) is 11.3 Å². The van der Waals surface area contributed by atoms with Crippen LogP contribution in [0.2, 0.25) is 0 Å². The Labute approximate surface area is 128 Å². The monoisotopic (exact) mass is 303 g/mol. The highest BCUT2D eigenvalue weighted by Gasteiger charge is 2.29. The first-order chi connectivity index (χ1) is 10.6. The Bertz CT molecular complexity index is 686. The molecular weight excluding hydrogens is 285 g/mol. The number of piperazine rings is 1. The third-order valence-electron chi connectivity index (χ3n) is 4.00. The lowest BCUT2D eigenvalue weighted by atomic mass is 10.1. The summed E-state index contributed by atoms with van der Waals surface area (Å²) >= 11 is 0. The Morgan fingerprint density at radius 2 is 2.18 bits per heavy atom. The molecule has 116 valence electrons. The molecule has 0 N–H and O–H groups in total. The summed E-state index contributed by atoms with van der Waals surface area (Å²) in [5, 5.41) is 7.55. The normalized spacial score (nSPS) is 18.6. The topological polar surface area (TPSA) is 54.3 Å². The number of hydrogen-bond donors (Lipinski definition) is 0. The van der Waals surface area contributed by atoms with E-state index in [4.69, 9.17) is 0 Å². The first-order valence-electron chi connectivity index (χ1n) is 7.22. The molecule has 1 saturated heterocycles. The first-order valence-corrected chi connectivity index (χ1v) is 7.22. The van der Waals surface area contributed by atoms with E-state index in [1.165, 1.54) is 23.0 Å². The molecule has 7 heteroatoms. The average molecular weight is 303 g/mol. The summed E-state index contributed by atoms with van der Waals surface area (Å²) in [4.78, 5) is 16.4. The number of hydrogen-bond acceptors (Lipinski definition) is 4. The van der Waals surface area contributed by atoms with E-state index < -0.39 is 0 Å². The van der Waals surface area contributed by atoms with Crippen molar-refractivity contribution >= 4 is 11.6 Å². The highest BCUT2D eigenvalue weighted by Crippen LogP contribution is 2.21. The van der Waals surface area contributed by atoms with Gasteiger partial charge >= 0.3 is 0 Å². The molecule has 2 heterocycles. The number of amides is 1. The quantitative estimate of drug-likeness (QED) is 0.839. The standard InChI is InChI=1S/C15H18FN5O/c1-11-10-20(13-5-3-4-12(16)8-13)6-7-21(11)15(22)14-9-17-18-19(14)2/h3-5,8-9,11H,6-7,10H2,1-2H3. The molecule has 22 heavy (non-hydrogen) atoms. The maximum Gasteiger partial charge on any atom is 0.274 e. The van der Waals surface area contributed by atoms with Crippen LogP contribution in [0, 0.1) is 5.82 Å². The summed E-state index contributed by atoms with van der Waals surface area (Å²) in [7, 11) is 1.70. The Hall–Kier alpha value is -2.44. The fourth-order valence-electron chi connectivity index (χ4n) is 2.80. The molecule has 0 aliphatic carbocycles. The van der Waals surface area contributed by atoms with E-state index in [9.17, 15) is 9.18 Å². The Morgan fingerprint density at radius 3 is 2.82 bits per heavy atom. The van der Waals surface area contributed by atoms with E-state index >= 15 is 0 Å². The van der Waals surface area contributed by atoms with Crippen LogP contribution < -0.4 is 4.90 Å². The fraction of sp³-hybridized carbons (Fsp3) is 0.400. The van der Waals surface area contributed by atoms with Crippen LogP contribution >= 0.6 is 0 Å². The summed E-state index contributed by atoms with van der Waals surface area (Å²) in [6.07, 6.45) is 1.48. The molecule has 2 aromatic rings. The lowest BCUT2D eigenvalue weighted by Gasteiger charge is -2.40. The molecular formula is C15H18FN5O. The zero-order valence-corrected chi connectivity index (χ0v) is 12.6. The zero-order valence-electron chi connectivity index (χ0n) is 12.6. The van der Waals surface area contributed by atoms with Crippen LogP contribution in [0.5, 0.6) is 0 Å². The van der Waals surface area contributed by atoms with Crippen molar-refractivity contribution < 1.29 is 9.18 Å². The molecule has 0 radical (unpaired) electrons. The second-order valence-corrected chi connectivity index (χ2v) is 5.52. The van der Waals surface area contributed by atoms with Crippen LogP contribution in [0.4, 0.5) is 10.1 Å². The van der Waals surface area contributed by atoms with Crippen molar-refractivity contribution in [1.29, 1.82) is 0 Å². The summed E-state index contributed by atoms with van der Waals surface area (Å²) in [6, 6.07) is 6.57. The minimum atomic E-state index is -0.246. The fourth-order valence-corrected chi connectivity index (χ4v) is 2.80. The molecule has 1 aliphatic heterocycles. The van der Waals surface area contributed by atoms with Crippen molar-refractivity contribution in [2.24, 2.45) is 7.05 Å². The van der Waals surface area contributed by atoms with Gasteiger partial charge in [0, 0.05) is 38.4 Å². The highest BCUT2D eigenvalue weighted by molar-refractivity contribution is 5.92. The summed E-state index contributed by atoms with van der Waals surface area (Å²) < 4.78 is 14.8. The number of nitrogens with zero attached hydrogens (tertiary/aromatic N) is 5. The van der Waals surface area contributed by atoms with Crippen LogP contribution in [0.15, 0.2) is 30.5 Å². The van der Waals surface area contributed by atoms with Crippen LogP contribution in [0.1, 0.15) is 17.4 Å². The van der Waals surface area contributed by atoms with Crippen molar-refractivity contribution in [2.45, 2.75) is 13.0 Å². The van der Waals surface area contributed by atoms with Gasteiger partial charge in [-0.05, 0) is 25.1 Å². The Morgan fingerprint density at radius 1 is 1.36 bits per heavy atom.